The molecule has 1 amide bonds. The summed E-state index contributed by atoms with van der Waals surface area (Å²) < 4.78 is 32.9. The van der Waals surface area contributed by atoms with Gasteiger partial charge in [0, 0.05) is 42.8 Å². The molecule has 7 nitrogen and oxygen atoms in total. The van der Waals surface area contributed by atoms with Crippen molar-refractivity contribution in [3.63, 3.8) is 0 Å². The topological polar surface area (TPSA) is 79.0 Å². The molecule has 2 heterocycles. The highest BCUT2D eigenvalue weighted by Crippen LogP contribution is 2.33. The maximum atomic E-state index is 12.9. The Labute approximate surface area is 200 Å². The Kier molecular flexibility index (Phi) is 7.46. The largest absolute Gasteiger partial charge is 0.495 e. The van der Waals surface area contributed by atoms with Crippen molar-refractivity contribution < 1.29 is 17.9 Å². The molecule has 0 aromatic heterocycles. The number of halogens is 1. The minimum absolute atomic E-state index is 0.0262. The fraction of sp³-hybridized carbons (Fsp3) is 0.458. The molecule has 1 unspecified atom stereocenters. The van der Waals surface area contributed by atoms with Crippen LogP contribution in [0.25, 0.3) is 0 Å². The highest BCUT2D eigenvalue weighted by Gasteiger charge is 2.28. The van der Waals surface area contributed by atoms with E-state index in [1.165, 1.54) is 12.1 Å². The first kappa shape index (κ1) is 23.9. The van der Waals surface area contributed by atoms with Crippen LogP contribution < -0.4 is 15.0 Å². The molecule has 1 atom stereocenters. The molecule has 0 spiro atoms. The number of benzene rings is 2. The summed E-state index contributed by atoms with van der Waals surface area (Å²) in [5.74, 6) is 0.534. The lowest BCUT2D eigenvalue weighted by Crippen LogP contribution is -2.37. The maximum absolute atomic E-state index is 12.9. The quantitative estimate of drug-likeness (QED) is 0.662. The first-order valence-electron chi connectivity index (χ1n) is 11.4. The SMILES string of the molecule is COc1ccc(Cl)cc1N1CCC(NC(=O)c2ccc(S(=O)(=O)N3CCCCCC3)cc2)C1. The normalized spacial score (nSPS) is 19.8. The summed E-state index contributed by atoms with van der Waals surface area (Å²) in [5, 5.41) is 3.70. The number of carbonyl (C=O) groups excluding carboxylic acids is 1. The fourth-order valence-corrected chi connectivity index (χ4v) is 6.17. The van der Waals surface area contributed by atoms with E-state index in [0.717, 1.165) is 50.1 Å². The van der Waals surface area contributed by atoms with Crippen molar-refractivity contribution in [2.24, 2.45) is 0 Å². The lowest BCUT2D eigenvalue weighted by molar-refractivity contribution is 0.0940. The van der Waals surface area contributed by atoms with Gasteiger partial charge in [-0.3, -0.25) is 4.79 Å². The van der Waals surface area contributed by atoms with Crippen molar-refractivity contribution in [1.29, 1.82) is 0 Å². The highest BCUT2D eigenvalue weighted by molar-refractivity contribution is 7.89. The number of sulfonamides is 1. The van der Waals surface area contributed by atoms with E-state index in [9.17, 15) is 13.2 Å². The van der Waals surface area contributed by atoms with Gasteiger partial charge < -0.3 is 15.0 Å². The number of carbonyl (C=O) groups is 1. The van der Waals surface area contributed by atoms with E-state index in [1.54, 1.807) is 29.6 Å². The second-order valence-electron chi connectivity index (χ2n) is 8.56. The Morgan fingerprint density at radius 1 is 1.03 bits per heavy atom. The third-order valence-corrected chi connectivity index (χ3v) is 8.47. The van der Waals surface area contributed by atoms with Crippen molar-refractivity contribution >= 4 is 33.2 Å². The second-order valence-corrected chi connectivity index (χ2v) is 10.9. The minimum Gasteiger partial charge on any atom is -0.495 e. The molecular weight excluding hydrogens is 462 g/mol. The van der Waals surface area contributed by atoms with Crippen LogP contribution in [0, 0.1) is 0 Å². The molecule has 2 fully saturated rings. The average molecular weight is 492 g/mol. The van der Waals surface area contributed by atoms with Crippen LogP contribution in [0.1, 0.15) is 42.5 Å². The Morgan fingerprint density at radius 3 is 2.39 bits per heavy atom. The van der Waals surface area contributed by atoms with Gasteiger partial charge in [0.15, 0.2) is 0 Å². The van der Waals surface area contributed by atoms with Gasteiger partial charge in [-0.2, -0.15) is 4.31 Å². The first-order chi connectivity index (χ1) is 15.9. The monoisotopic (exact) mass is 491 g/mol. The van der Waals surface area contributed by atoms with Gasteiger partial charge in [-0.25, -0.2) is 8.42 Å². The molecular formula is C24H30ClN3O4S. The van der Waals surface area contributed by atoms with E-state index in [1.807, 2.05) is 12.1 Å². The van der Waals surface area contributed by atoms with Crippen LogP contribution in [0.2, 0.25) is 5.02 Å². The van der Waals surface area contributed by atoms with E-state index in [2.05, 4.69) is 10.2 Å². The zero-order valence-electron chi connectivity index (χ0n) is 18.8. The van der Waals surface area contributed by atoms with Gasteiger partial charge in [0.05, 0.1) is 17.7 Å². The van der Waals surface area contributed by atoms with Gasteiger partial charge in [0.2, 0.25) is 10.0 Å². The lowest BCUT2D eigenvalue weighted by Gasteiger charge is -2.22. The molecule has 0 saturated carbocycles. The summed E-state index contributed by atoms with van der Waals surface area (Å²) in [6.45, 7) is 2.53. The first-order valence-corrected chi connectivity index (χ1v) is 13.2. The number of rotatable bonds is 6. The molecule has 2 aliphatic rings. The van der Waals surface area contributed by atoms with E-state index in [0.29, 0.717) is 30.2 Å². The Hall–Kier alpha value is -2.29. The van der Waals surface area contributed by atoms with Gasteiger partial charge in [0.25, 0.3) is 5.91 Å². The van der Waals surface area contributed by atoms with Crippen LogP contribution in [0.3, 0.4) is 0 Å². The Bertz CT molecular complexity index is 1080. The maximum Gasteiger partial charge on any atom is 0.251 e. The van der Waals surface area contributed by atoms with Crippen LogP contribution >= 0.6 is 11.6 Å². The van der Waals surface area contributed by atoms with Crippen molar-refractivity contribution in [2.45, 2.75) is 43.0 Å². The van der Waals surface area contributed by atoms with Crippen molar-refractivity contribution in [3.05, 3.63) is 53.1 Å². The molecule has 2 saturated heterocycles. The summed E-state index contributed by atoms with van der Waals surface area (Å²) in [5.41, 5.74) is 1.36. The predicted molar refractivity (Wildman–Crippen MR) is 130 cm³/mol. The molecule has 178 valence electrons. The zero-order valence-corrected chi connectivity index (χ0v) is 20.4. The number of ether oxygens (including phenoxy) is 1. The third-order valence-electron chi connectivity index (χ3n) is 6.32. The number of nitrogens with zero attached hydrogens (tertiary/aromatic N) is 2. The molecule has 2 aromatic carbocycles. The standard InChI is InChI=1S/C24H30ClN3O4S/c1-32-23-11-8-19(25)16-22(23)27-15-12-20(17-27)26-24(29)18-6-9-21(10-7-18)33(30,31)28-13-4-2-3-5-14-28/h6-11,16,20H,2-5,12-15,17H2,1H3,(H,26,29). The molecule has 9 heteroatoms. The molecule has 0 radical (unpaired) electrons. The van der Waals surface area contributed by atoms with Gasteiger partial charge in [-0.05, 0) is 61.7 Å². The van der Waals surface area contributed by atoms with Crippen LogP contribution in [-0.4, -0.2) is 58.0 Å². The summed E-state index contributed by atoms with van der Waals surface area (Å²) in [4.78, 5) is 15.2. The number of hydrogen-bond donors (Lipinski definition) is 1. The van der Waals surface area contributed by atoms with Gasteiger partial charge >= 0.3 is 0 Å². The molecule has 0 aliphatic carbocycles. The third kappa shape index (κ3) is 5.45. The van der Waals surface area contributed by atoms with Gasteiger partial charge in [-0.1, -0.05) is 24.4 Å². The van der Waals surface area contributed by atoms with Gasteiger partial charge in [0.1, 0.15) is 5.75 Å². The number of hydrogen-bond acceptors (Lipinski definition) is 5. The molecule has 0 bridgehead atoms. The number of methoxy groups -OCH3 is 1. The average Bonchev–Trinajstić information content (AvgIpc) is 3.09. The number of nitrogens with one attached hydrogen (secondary N) is 1. The van der Waals surface area contributed by atoms with Crippen LogP contribution in [0.5, 0.6) is 5.75 Å². The molecule has 2 aliphatic heterocycles. The van der Waals surface area contributed by atoms with E-state index < -0.39 is 10.0 Å². The molecule has 33 heavy (non-hydrogen) atoms. The van der Waals surface area contributed by atoms with Crippen molar-refractivity contribution in [1.82, 2.24) is 9.62 Å². The molecule has 4 rings (SSSR count). The van der Waals surface area contributed by atoms with Crippen LogP contribution in [-0.2, 0) is 10.0 Å². The van der Waals surface area contributed by atoms with Crippen molar-refractivity contribution in [3.8, 4) is 5.75 Å². The number of amides is 1. The molecule has 2 aromatic rings. The van der Waals surface area contributed by atoms with Crippen LogP contribution in [0.4, 0.5) is 5.69 Å². The Balaban J connectivity index is 1.39. The second kappa shape index (κ2) is 10.3. The van der Waals surface area contributed by atoms with Crippen LogP contribution in [0.15, 0.2) is 47.4 Å². The summed E-state index contributed by atoms with van der Waals surface area (Å²) in [6, 6.07) is 11.7. The summed E-state index contributed by atoms with van der Waals surface area (Å²) in [6.07, 6.45) is 4.70. The fourth-order valence-electron chi connectivity index (χ4n) is 4.49. The Morgan fingerprint density at radius 2 is 1.73 bits per heavy atom. The highest BCUT2D eigenvalue weighted by atomic mass is 35.5. The summed E-state index contributed by atoms with van der Waals surface area (Å²) in [7, 11) is -1.90. The predicted octanol–water partition coefficient (Wildman–Crippen LogP) is 3.92. The van der Waals surface area contributed by atoms with Gasteiger partial charge in [-0.15, -0.1) is 0 Å². The zero-order chi connectivity index (χ0) is 23.4. The van der Waals surface area contributed by atoms with E-state index in [4.69, 9.17) is 16.3 Å². The molecule has 1 N–H and O–H groups in total. The summed E-state index contributed by atoms with van der Waals surface area (Å²) >= 11 is 6.16. The smallest absolute Gasteiger partial charge is 0.251 e. The lowest BCUT2D eigenvalue weighted by atomic mass is 10.2. The van der Waals surface area contributed by atoms with E-state index >= 15 is 0 Å². The van der Waals surface area contributed by atoms with E-state index in [-0.39, 0.29) is 16.8 Å². The number of anilines is 1. The van der Waals surface area contributed by atoms with Crippen molar-refractivity contribution in [2.75, 3.05) is 38.2 Å². The minimum atomic E-state index is -3.53.